The lowest BCUT2D eigenvalue weighted by atomic mass is 10.1. The van der Waals surface area contributed by atoms with Gasteiger partial charge in [-0.05, 0) is 24.6 Å². The molecule has 0 radical (unpaired) electrons. The van der Waals surface area contributed by atoms with Gasteiger partial charge in [-0.15, -0.1) is 0 Å². The molecule has 0 saturated carbocycles. The Hall–Kier alpha value is -3.08. The first-order valence-electron chi connectivity index (χ1n) is 9.15. The third kappa shape index (κ3) is 4.34. The number of hydrogen-bond donors (Lipinski definition) is 1. The number of para-hydroxylation sites is 2. The van der Waals surface area contributed by atoms with Crippen molar-refractivity contribution in [1.29, 1.82) is 0 Å². The zero-order valence-corrected chi connectivity index (χ0v) is 16.7. The second-order valence-electron chi connectivity index (χ2n) is 6.69. The number of hydrogen-bond acceptors (Lipinski definition) is 5. The van der Waals surface area contributed by atoms with Gasteiger partial charge in [0.1, 0.15) is 6.61 Å². The molecule has 29 heavy (non-hydrogen) atoms. The highest BCUT2D eigenvalue weighted by Crippen LogP contribution is 2.68. The fraction of sp³-hybridized carbons (Fsp3) is 0.136. The van der Waals surface area contributed by atoms with Crippen molar-refractivity contribution in [3.8, 4) is 11.5 Å². The number of carbonyl (C=O) groups is 1. The lowest BCUT2D eigenvalue weighted by molar-refractivity contribution is -0.203. The summed E-state index contributed by atoms with van der Waals surface area (Å²) in [5.74, 6) is -0.251. The quantitative estimate of drug-likeness (QED) is 0.627. The molecule has 0 aromatic heterocycles. The molecule has 1 aliphatic rings. The highest BCUT2D eigenvalue weighted by molar-refractivity contribution is 7.60. The van der Waals surface area contributed by atoms with Gasteiger partial charge in [-0.1, -0.05) is 72.3 Å². The van der Waals surface area contributed by atoms with Crippen LogP contribution in [-0.4, -0.2) is 6.09 Å². The predicted octanol–water partition coefficient (Wildman–Crippen LogP) is 4.51. The van der Waals surface area contributed by atoms with Gasteiger partial charge in [0.15, 0.2) is 0 Å². The van der Waals surface area contributed by atoms with Gasteiger partial charge in [0.2, 0.25) is 17.3 Å². The molecule has 1 heterocycles. The predicted molar refractivity (Wildman–Crippen MR) is 108 cm³/mol. The van der Waals surface area contributed by atoms with Crippen molar-refractivity contribution in [2.24, 2.45) is 0 Å². The van der Waals surface area contributed by atoms with Crippen molar-refractivity contribution < 1.29 is 23.5 Å². The van der Waals surface area contributed by atoms with Crippen LogP contribution in [0.25, 0.3) is 0 Å². The zero-order valence-electron chi connectivity index (χ0n) is 15.8. The van der Waals surface area contributed by atoms with Crippen LogP contribution in [0, 0.1) is 6.92 Å². The Morgan fingerprint density at radius 3 is 2.17 bits per heavy atom. The van der Waals surface area contributed by atoms with E-state index in [1.54, 1.807) is 36.4 Å². The average molecular weight is 409 g/mol. The van der Waals surface area contributed by atoms with Crippen LogP contribution in [0.2, 0.25) is 0 Å². The van der Waals surface area contributed by atoms with E-state index in [0.717, 1.165) is 11.1 Å². The summed E-state index contributed by atoms with van der Waals surface area (Å²) in [6.07, 6.45) is -0.710. The van der Waals surface area contributed by atoms with Crippen molar-refractivity contribution in [2.75, 3.05) is 0 Å². The molecule has 4 rings (SSSR count). The van der Waals surface area contributed by atoms with E-state index in [0.29, 0.717) is 17.1 Å². The van der Waals surface area contributed by atoms with Gasteiger partial charge in [-0.25, -0.2) is 4.79 Å². The minimum absolute atomic E-state index is 0.0968. The van der Waals surface area contributed by atoms with Gasteiger partial charge in [0.25, 0.3) is 0 Å². The molecule has 0 bridgehead atoms. The summed E-state index contributed by atoms with van der Waals surface area (Å²) >= 11 is 0. The number of benzene rings is 3. The Morgan fingerprint density at radius 2 is 1.55 bits per heavy atom. The molecule has 7 heteroatoms. The molecule has 1 amide bonds. The van der Waals surface area contributed by atoms with Crippen molar-refractivity contribution in [3.63, 3.8) is 0 Å². The normalized spacial score (nSPS) is 14.8. The molecule has 1 atom stereocenters. The SMILES string of the molecule is Cc1ccc(C(NC(=O)OCc2ccccc2)[P+]2([O-])Oc3ccccc3O2)cc1. The average Bonchev–Trinajstić information content (AvgIpc) is 3.09. The number of nitrogens with one attached hydrogen (secondary N) is 1. The van der Waals surface area contributed by atoms with Gasteiger partial charge in [-0.2, -0.15) is 0 Å². The van der Waals surface area contributed by atoms with Crippen LogP contribution in [0.1, 0.15) is 22.5 Å². The monoisotopic (exact) mass is 409 g/mol. The topological polar surface area (TPSA) is 79.9 Å². The molecular formula is C22H20NO5P. The maximum Gasteiger partial charge on any atom is 0.410 e. The highest BCUT2D eigenvalue weighted by Gasteiger charge is 2.51. The second kappa shape index (κ2) is 8.11. The van der Waals surface area contributed by atoms with Crippen LogP contribution < -0.4 is 19.3 Å². The number of ether oxygens (including phenoxy) is 1. The first-order chi connectivity index (χ1) is 14.0. The minimum Gasteiger partial charge on any atom is -0.615 e. The molecule has 3 aromatic rings. The van der Waals surface area contributed by atoms with E-state index in [-0.39, 0.29) is 6.61 Å². The molecule has 0 saturated heterocycles. The summed E-state index contributed by atoms with van der Waals surface area (Å²) < 4.78 is 16.6. The maximum absolute atomic E-state index is 13.6. The minimum atomic E-state index is -3.76. The van der Waals surface area contributed by atoms with E-state index < -0.39 is 19.8 Å². The van der Waals surface area contributed by atoms with E-state index in [9.17, 15) is 9.69 Å². The fourth-order valence-electron chi connectivity index (χ4n) is 2.97. The summed E-state index contributed by atoms with van der Waals surface area (Å²) in [5.41, 5.74) is 2.49. The Balaban J connectivity index is 1.54. The third-order valence-electron chi connectivity index (χ3n) is 4.48. The maximum atomic E-state index is 13.6. The molecule has 148 valence electrons. The molecule has 1 aliphatic heterocycles. The highest BCUT2D eigenvalue weighted by atomic mass is 31.2. The first kappa shape index (κ1) is 19.2. The summed E-state index contributed by atoms with van der Waals surface area (Å²) in [6.45, 7) is 2.04. The van der Waals surface area contributed by atoms with Crippen LogP contribution in [0.3, 0.4) is 0 Å². The van der Waals surface area contributed by atoms with E-state index in [1.807, 2.05) is 49.4 Å². The van der Waals surface area contributed by atoms with Crippen molar-refractivity contribution in [1.82, 2.24) is 5.32 Å². The molecule has 6 nitrogen and oxygen atoms in total. The smallest absolute Gasteiger partial charge is 0.410 e. The second-order valence-corrected chi connectivity index (χ2v) is 8.65. The van der Waals surface area contributed by atoms with Gasteiger partial charge in [0, 0.05) is 5.56 Å². The summed E-state index contributed by atoms with van der Waals surface area (Å²) in [5, 5.41) is 2.67. The Kier molecular flexibility index (Phi) is 5.38. The van der Waals surface area contributed by atoms with Gasteiger partial charge >= 0.3 is 14.0 Å². The van der Waals surface area contributed by atoms with E-state index in [2.05, 4.69) is 5.32 Å². The molecule has 1 unspecified atom stereocenters. The first-order valence-corrected chi connectivity index (χ1v) is 10.8. The number of rotatable bonds is 5. The zero-order chi connectivity index (χ0) is 20.3. The standard InChI is InChI=1S/C22H20NO5P/c1-16-11-13-18(14-12-16)21(23-22(24)26-15-17-7-3-2-4-8-17)29(25)27-19-9-5-6-10-20(19)28-29/h2-14,21H,15H2,1H3,(H,23,24). The van der Waals surface area contributed by atoms with Crippen LogP contribution in [0.15, 0.2) is 78.9 Å². The molecule has 0 spiro atoms. The Bertz CT molecular complexity index is 969. The molecule has 0 aliphatic carbocycles. The van der Waals surface area contributed by atoms with Crippen molar-refractivity contribution >= 4 is 14.0 Å². The molecule has 1 N–H and O–H groups in total. The van der Waals surface area contributed by atoms with Gasteiger partial charge < -0.3 is 18.7 Å². The summed E-state index contributed by atoms with van der Waals surface area (Å²) in [4.78, 5) is 26.0. The molecular weight excluding hydrogens is 389 g/mol. The number of alkyl carbamates (subject to hydrolysis) is 1. The summed E-state index contributed by atoms with van der Waals surface area (Å²) in [6, 6.07) is 23.5. The number of carbonyl (C=O) groups excluding carboxylic acids is 1. The third-order valence-corrected chi connectivity index (χ3v) is 6.44. The van der Waals surface area contributed by atoms with Crippen LogP contribution in [0.5, 0.6) is 11.5 Å². The van der Waals surface area contributed by atoms with E-state index in [1.165, 1.54) is 0 Å². The van der Waals surface area contributed by atoms with Crippen LogP contribution in [-0.2, 0) is 11.3 Å². The molecule has 0 fully saturated rings. The van der Waals surface area contributed by atoms with Crippen LogP contribution >= 0.6 is 7.94 Å². The lowest BCUT2D eigenvalue weighted by Gasteiger charge is -2.29. The molecule has 3 aromatic carbocycles. The van der Waals surface area contributed by atoms with Crippen LogP contribution in [0.4, 0.5) is 4.79 Å². The van der Waals surface area contributed by atoms with Gasteiger partial charge in [0.05, 0.1) is 0 Å². The van der Waals surface area contributed by atoms with E-state index >= 15 is 0 Å². The lowest BCUT2D eigenvalue weighted by Crippen LogP contribution is -2.36. The van der Waals surface area contributed by atoms with E-state index in [4.69, 9.17) is 13.8 Å². The number of aryl methyl sites for hydroxylation is 1. The van der Waals surface area contributed by atoms with Crippen molar-refractivity contribution in [2.45, 2.75) is 19.3 Å². The van der Waals surface area contributed by atoms with Crippen molar-refractivity contribution in [3.05, 3.63) is 95.6 Å². The number of fused-ring (bicyclic) bond motifs is 1. The Labute approximate surface area is 169 Å². The summed E-state index contributed by atoms with van der Waals surface area (Å²) in [7, 11) is -3.76. The van der Waals surface area contributed by atoms with Gasteiger partial charge in [-0.3, -0.25) is 5.32 Å². The Morgan fingerprint density at radius 1 is 0.966 bits per heavy atom. The fourth-order valence-corrected chi connectivity index (χ4v) is 4.87. The number of amides is 1. The largest absolute Gasteiger partial charge is 0.615 e.